The second kappa shape index (κ2) is 8.24. The molecule has 0 radical (unpaired) electrons. The summed E-state index contributed by atoms with van der Waals surface area (Å²) in [5.74, 6) is 0.528. The lowest BCUT2D eigenvalue weighted by Gasteiger charge is -2.08. The number of nitrogens with zero attached hydrogens (tertiary/aromatic N) is 5. The minimum atomic E-state index is -0.410. The highest BCUT2D eigenvalue weighted by atomic mass is 19.1. The predicted molar refractivity (Wildman–Crippen MR) is 105 cm³/mol. The van der Waals surface area contributed by atoms with Crippen molar-refractivity contribution in [2.24, 2.45) is 0 Å². The lowest BCUT2D eigenvalue weighted by atomic mass is 10.1. The van der Waals surface area contributed by atoms with Crippen molar-refractivity contribution in [3.63, 3.8) is 0 Å². The average Bonchev–Trinajstić information content (AvgIpc) is 3.38. The normalized spacial score (nSPS) is 11.1. The molecular weight excluding hydrogens is 389 g/mol. The molecule has 4 rings (SSSR count). The fraction of sp³-hybridized carbons (Fsp3) is 0.190. The van der Waals surface area contributed by atoms with Crippen LogP contribution in [0.3, 0.4) is 0 Å². The summed E-state index contributed by atoms with van der Waals surface area (Å²) in [6, 6.07) is 12.8. The van der Waals surface area contributed by atoms with Crippen LogP contribution in [-0.2, 0) is 11.3 Å². The Morgan fingerprint density at radius 1 is 1.17 bits per heavy atom. The average molecular weight is 407 g/mol. The van der Waals surface area contributed by atoms with Crippen LogP contribution in [0.5, 0.6) is 0 Å². The van der Waals surface area contributed by atoms with E-state index in [0.29, 0.717) is 34.2 Å². The Hall–Kier alpha value is -3.88. The van der Waals surface area contributed by atoms with Gasteiger partial charge in [0.1, 0.15) is 12.4 Å². The number of halogens is 1. The Kier molecular flexibility index (Phi) is 5.34. The van der Waals surface area contributed by atoms with E-state index >= 15 is 0 Å². The van der Waals surface area contributed by atoms with Gasteiger partial charge >= 0.3 is 5.97 Å². The second-order valence-corrected chi connectivity index (χ2v) is 6.80. The molecule has 0 N–H and O–H groups in total. The molecule has 2 aromatic heterocycles. The molecule has 0 aliphatic rings. The molecule has 2 heterocycles. The van der Waals surface area contributed by atoms with E-state index in [1.54, 1.807) is 56.4 Å². The number of carbonyl (C=O) groups excluding carboxylic acids is 1. The maximum absolute atomic E-state index is 13.1. The lowest BCUT2D eigenvalue weighted by molar-refractivity contribution is 0.0378. The Morgan fingerprint density at radius 2 is 1.97 bits per heavy atom. The van der Waals surface area contributed by atoms with Gasteiger partial charge in [-0.2, -0.15) is 4.80 Å². The van der Waals surface area contributed by atoms with Crippen molar-refractivity contribution in [3.8, 4) is 22.7 Å². The van der Waals surface area contributed by atoms with Crippen LogP contribution in [-0.4, -0.2) is 37.3 Å². The topological polar surface area (TPSA) is 95.9 Å². The summed E-state index contributed by atoms with van der Waals surface area (Å²) < 4.78 is 24.0. The van der Waals surface area contributed by atoms with Crippen LogP contribution < -0.4 is 0 Å². The highest BCUT2D eigenvalue weighted by Crippen LogP contribution is 2.21. The maximum atomic E-state index is 13.1. The number of oxazole rings is 1. The molecule has 0 saturated heterocycles. The number of hydrogen-bond donors (Lipinski definition) is 0. The van der Waals surface area contributed by atoms with Crippen LogP contribution in [0.25, 0.3) is 22.7 Å². The smallest absolute Gasteiger partial charge is 0.338 e. The van der Waals surface area contributed by atoms with Crippen LogP contribution in [0.15, 0.2) is 59.1 Å². The molecule has 0 bridgehead atoms. The summed E-state index contributed by atoms with van der Waals surface area (Å²) in [6.07, 6.45) is 1.35. The number of tetrazole rings is 1. The van der Waals surface area contributed by atoms with Gasteiger partial charge < -0.3 is 9.15 Å². The molecule has 0 unspecified atom stereocenters. The molecule has 0 spiro atoms. The standard InChI is InChI=1S/C21H18FN5O3/c1-13(2)29-21(28)16-5-3-4-15(10-16)20-24-26-27(25-20)12-19-23-11-18(30-19)14-6-8-17(22)9-7-14/h3-11,13H,12H2,1-2H3. The molecule has 0 fully saturated rings. The monoisotopic (exact) mass is 407 g/mol. The first-order chi connectivity index (χ1) is 14.5. The van der Waals surface area contributed by atoms with Crippen molar-refractivity contribution in [1.82, 2.24) is 25.2 Å². The van der Waals surface area contributed by atoms with Gasteiger partial charge in [0.05, 0.1) is 17.9 Å². The van der Waals surface area contributed by atoms with Crippen LogP contribution in [0.1, 0.15) is 30.1 Å². The van der Waals surface area contributed by atoms with Gasteiger partial charge in [0, 0.05) is 11.1 Å². The minimum absolute atomic E-state index is 0.170. The van der Waals surface area contributed by atoms with E-state index in [1.165, 1.54) is 16.9 Å². The van der Waals surface area contributed by atoms with Crippen LogP contribution >= 0.6 is 0 Å². The summed E-state index contributed by atoms with van der Waals surface area (Å²) in [6.45, 7) is 3.75. The Bertz CT molecular complexity index is 1170. The summed E-state index contributed by atoms with van der Waals surface area (Å²) >= 11 is 0. The van der Waals surface area contributed by atoms with Crippen LogP contribution in [0.4, 0.5) is 4.39 Å². The number of hydrogen-bond acceptors (Lipinski definition) is 7. The third kappa shape index (κ3) is 4.40. The molecule has 0 atom stereocenters. The minimum Gasteiger partial charge on any atom is -0.459 e. The van der Waals surface area contributed by atoms with Gasteiger partial charge in [0.2, 0.25) is 11.7 Å². The third-order valence-corrected chi connectivity index (χ3v) is 4.11. The van der Waals surface area contributed by atoms with E-state index in [0.717, 1.165) is 0 Å². The molecule has 0 saturated carbocycles. The number of esters is 1. The van der Waals surface area contributed by atoms with Crippen molar-refractivity contribution in [2.45, 2.75) is 26.5 Å². The summed E-state index contributed by atoms with van der Waals surface area (Å²) in [4.78, 5) is 17.6. The maximum Gasteiger partial charge on any atom is 0.338 e. The second-order valence-electron chi connectivity index (χ2n) is 6.80. The molecule has 4 aromatic rings. The third-order valence-electron chi connectivity index (χ3n) is 4.11. The van der Waals surface area contributed by atoms with E-state index < -0.39 is 5.97 Å². The van der Waals surface area contributed by atoms with E-state index in [9.17, 15) is 9.18 Å². The quantitative estimate of drug-likeness (QED) is 0.449. The van der Waals surface area contributed by atoms with Crippen molar-refractivity contribution in [3.05, 3.63) is 72.0 Å². The largest absolute Gasteiger partial charge is 0.459 e. The van der Waals surface area contributed by atoms with E-state index in [4.69, 9.17) is 9.15 Å². The first-order valence-corrected chi connectivity index (χ1v) is 9.28. The molecule has 8 nitrogen and oxygen atoms in total. The van der Waals surface area contributed by atoms with Gasteiger partial charge in [-0.25, -0.2) is 14.2 Å². The number of aromatic nitrogens is 5. The SMILES string of the molecule is CC(C)OC(=O)c1cccc(-c2nnn(Cc3ncc(-c4ccc(F)cc4)o3)n2)c1. The number of ether oxygens (including phenoxy) is 1. The molecule has 152 valence electrons. The van der Waals surface area contributed by atoms with Crippen molar-refractivity contribution < 1.29 is 18.3 Å². The van der Waals surface area contributed by atoms with Gasteiger partial charge in [0.15, 0.2) is 5.76 Å². The molecule has 9 heteroatoms. The summed E-state index contributed by atoms with van der Waals surface area (Å²) in [7, 11) is 0. The van der Waals surface area contributed by atoms with Gasteiger partial charge in [0.25, 0.3) is 0 Å². The number of rotatable bonds is 6. The number of carbonyl (C=O) groups is 1. The molecule has 0 aliphatic heterocycles. The highest BCUT2D eigenvalue weighted by Gasteiger charge is 2.14. The van der Waals surface area contributed by atoms with E-state index in [1.807, 2.05) is 0 Å². The molecule has 30 heavy (non-hydrogen) atoms. The van der Waals surface area contributed by atoms with Gasteiger partial charge in [-0.1, -0.05) is 12.1 Å². The van der Waals surface area contributed by atoms with Crippen molar-refractivity contribution in [1.29, 1.82) is 0 Å². The zero-order chi connectivity index (χ0) is 21.1. The highest BCUT2D eigenvalue weighted by molar-refractivity contribution is 5.90. The fourth-order valence-corrected chi connectivity index (χ4v) is 2.75. The van der Waals surface area contributed by atoms with Gasteiger partial charge in [-0.05, 0) is 55.5 Å². The Morgan fingerprint density at radius 3 is 2.73 bits per heavy atom. The van der Waals surface area contributed by atoms with E-state index in [-0.39, 0.29) is 18.5 Å². The van der Waals surface area contributed by atoms with E-state index in [2.05, 4.69) is 20.4 Å². The fourth-order valence-electron chi connectivity index (χ4n) is 2.75. The molecular formula is C21H18FN5O3. The summed E-state index contributed by atoms with van der Waals surface area (Å²) in [5, 5.41) is 12.4. The van der Waals surface area contributed by atoms with Crippen LogP contribution in [0.2, 0.25) is 0 Å². The van der Waals surface area contributed by atoms with Gasteiger partial charge in [-0.3, -0.25) is 0 Å². The predicted octanol–water partition coefficient (Wildman–Crippen LogP) is 3.75. The first-order valence-electron chi connectivity index (χ1n) is 9.28. The zero-order valence-electron chi connectivity index (χ0n) is 16.3. The first kappa shape index (κ1) is 19.4. The zero-order valence-corrected chi connectivity index (χ0v) is 16.3. The van der Waals surface area contributed by atoms with Gasteiger partial charge in [-0.15, -0.1) is 10.2 Å². The van der Waals surface area contributed by atoms with Crippen LogP contribution in [0, 0.1) is 5.82 Å². The van der Waals surface area contributed by atoms with Crippen molar-refractivity contribution in [2.75, 3.05) is 0 Å². The Labute approximate surface area is 171 Å². The molecule has 2 aromatic carbocycles. The lowest BCUT2D eigenvalue weighted by Crippen LogP contribution is -2.11. The Balaban J connectivity index is 1.49. The van der Waals surface area contributed by atoms with Crippen molar-refractivity contribution >= 4 is 5.97 Å². The molecule has 0 amide bonds. The molecule has 0 aliphatic carbocycles. The summed E-state index contributed by atoms with van der Waals surface area (Å²) in [5.41, 5.74) is 1.76. The number of benzene rings is 2.